The summed E-state index contributed by atoms with van der Waals surface area (Å²) < 4.78 is 34.7. The van der Waals surface area contributed by atoms with Crippen molar-refractivity contribution in [2.45, 2.75) is 83.9 Å². The average Bonchev–Trinajstić information content (AvgIpc) is 3.30. The molecule has 0 radical (unpaired) electrons. The van der Waals surface area contributed by atoms with Gasteiger partial charge >= 0.3 is 12.1 Å². The zero-order valence-electron chi connectivity index (χ0n) is 24.7. The molecule has 40 heavy (non-hydrogen) atoms. The second-order valence-corrected chi connectivity index (χ2v) is 11.6. The molecule has 1 aliphatic carbocycles. The standard InChI is InChI=1S/C31H41NO8/c1-19(25-18-38-30(5,35-7)31(6,36-8)39-25)26(27(33)40-29(2,3)4)32-28(34)37-17-21-13-11-15-23-22-14-10-9-12-20(22)16-24(21)23/h9-15,19,25-26H,16-18H2,1-8H3,(H,32,34)/t19-,25-,26-,30?,31?/m0/s1. The van der Waals surface area contributed by atoms with Gasteiger partial charge in [0.05, 0.1) is 12.7 Å². The minimum atomic E-state index is -1.26. The van der Waals surface area contributed by atoms with Crippen LogP contribution in [0, 0.1) is 5.92 Å². The zero-order valence-corrected chi connectivity index (χ0v) is 24.7. The van der Waals surface area contributed by atoms with E-state index in [9.17, 15) is 9.59 Å². The highest BCUT2D eigenvalue weighted by Gasteiger charge is 2.55. The lowest BCUT2D eigenvalue weighted by Crippen LogP contribution is -2.65. The number of carbonyl (C=O) groups is 2. The number of ether oxygens (including phenoxy) is 6. The van der Waals surface area contributed by atoms with Crippen LogP contribution in [0.25, 0.3) is 11.1 Å². The van der Waals surface area contributed by atoms with E-state index in [1.165, 1.54) is 25.3 Å². The molecule has 4 rings (SSSR count). The minimum absolute atomic E-state index is 0.0649. The van der Waals surface area contributed by atoms with E-state index < -0.39 is 47.3 Å². The number of fused-ring (bicyclic) bond motifs is 3. The Morgan fingerprint density at radius 3 is 2.38 bits per heavy atom. The molecule has 1 N–H and O–H groups in total. The van der Waals surface area contributed by atoms with Gasteiger partial charge in [-0.25, -0.2) is 9.59 Å². The van der Waals surface area contributed by atoms with Gasteiger partial charge in [0.25, 0.3) is 0 Å². The summed E-state index contributed by atoms with van der Waals surface area (Å²) >= 11 is 0. The molecule has 0 saturated carbocycles. The van der Waals surface area contributed by atoms with Gasteiger partial charge in [-0.3, -0.25) is 0 Å². The van der Waals surface area contributed by atoms with E-state index in [-0.39, 0.29) is 13.2 Å². The molecule has 1 amide bonds. The Morgan fingerprint density at radius 1 is 1.02 bits per heavy atom. The Labute approximate surface area is 236 Å². The molecule has 218 valence electrons. The normalized spacial score (nSPS) is 25.4. The van der Waals surface area contributed by atoms with Crippen LogP contribution in [0.15, 0.2) is 42.5 Å². The Bertz CT molecular complexity index is 1240. The number of esters is 1. The second-order valence-electron chi connectivity index (χ2n) is 11.6. The van der Waals surface area contributed by atoms with E-state index in [1.807, 2.05) is 24.3 Å². The highest BCUT2D eigenvalue weighted by Crippen LogP contribution is 2.40. The summed E-state index contributed by atoms with van der Waals surface area (Å²) in [7, 11) is 3.00. The molecule has 5 atom stereocenters. The fourth-order valence-corrected chi connectivity index (χ4v) is 5.19. The lowest BCUT2D eigenvalue weighted by molar-refractivity contribution is -0.435. The monoisotopic (exact) mass is 555 g/mol. The minimum Gasteiger partial charge on any atom is -0.458 e. The summed E-state index contributed by atoms with van der Waals surface area (Å²) in [4.78, 5) is 26.4. The van der Waals surface area contributed by atoms with E-state index >= 15 is 0 Å². The summed E-state index contributed by atoms with van der Waals surface area (Å²) in [6.07, 6.45) is -0.576. The number of amides is 1. The Morgan fingerprint density at radius 2 is 1.70 bits per heavy atom. The maximum atomic E-state index is 13.3. The van der Waals surface area contributed by atoms with Crippen molar-refractivity contribution < 1.29 is 38.0 Å². The van der Waals surface area contributed by atoms with Crippen molar-refractivity contribution in [3.05, 3.63) is 59.2 Å². The van der Waals surface area contributed by atoms with Gasteiger partial charge in [0.2, 0.25) is 11.6 Å². The van der Waals surface area contributed by atoms with Crippen molar-refractivity contribution in [3.8, 4) is 11.1 Å². The molecule has 0 aromatic heterocycles. The van der Waals surface area contributed by atoms with Crippen LogP contribution in [0.3, 0.4) is 0 Å². The third-order valence-electron chi connectivity index (χ3n) is 7.86. The smallest absolute Gasteiger partial charge is 0.408 e. The van der Waals surface area contributed by atoms with Crippen LogP contribution in [0.1, 0.15) is 58.2 Å². The van der Waals surface area contributed by atoms with Gasteiger partial charge < -0.3 is 33.7 Å². The molecule has 1 saturated heterocycles. The van der Waals surface area contributed by atoms with Crippen LogP contribution in [0.5, 0.6) is 0 Å². The third kappa shape index (κ3) is 6.02. The molecular weight excluding hydrogens is 514 g/mol. The lowest BCUT2D eigenvalue weighted by Gasteiger charge is -2.50. The van der Waals surface area contributed by atoms with Crippen molar-refractivity contribution >= 4 is 12.1 Å². The highest BCUT2D eigenvalue weighted by atomic mass is 16.8. The molecule has 9 heteroatoms. The molecule has 1 fully saturated rings. The Balaban J connectivity index is 1.48. The van der Waals surface area contributed by atoms with Crippen molar-refractivity contribution in [1.82, 2.24) is 5.32 Å². The zero-order chi connectivity index (χ0) is 29.3. The Kier molecular flexibility index (Phi) is 8.61. The van der Waals surface area contributed by atoms with E-state index in [4.69, 9.17) is 28.4 Å². The van der Waals surface area contributed by atoms with Gasteiger partial charge in [-0.05, 0) is 68.9 Å². The van der Waals surface area contributed by atoms with E-state index in [0.29, 0.717) is 0 Å². The van der Waals surface area contributed by atoms with Gasteiger partial charge in [-0.2, -0.15) is 0 Å². The predicted molar refractivity (Wildman–Crippen MR) is 148 cm³/mol. The number of alkyl carbamates (subject to hydrolysis) is 1. The second kappa shape index (κ2) is 11.5. The molecule has 2 aliphatic rings. The number of methoxy groups -OCH3 is 2. The number of carbonyl (C=O) groups excluding carboxylic acids is 2. The van der Waals surface area contributed by atoms with Crippen LogP contribution in [-0.4, -0.2) is 62.2 Å². The van der Waals surface area contributed by atoms with Gasteiger partial charge in [0, 0.05) is 20.1 Å². The number of rotatable bonds is 8. The summed E-state index contributed by atoms with van der Waals surface area (Å²) in [5, 5.41) is 2.73. The molecule has 1 heterocycles. The fraction of sp³-hybridized carbons (Fsp3) is 0.548. The maximum absolute atomic E-state index is 13.3. The third-order valence-corrected chi connectivity index (χ3v) is 7.86. The number of hydrogen-bond acceptors (Lipinski definition) is 8. The van der Waals surface area contributed by atoms with E-state index in [2.05, 4.69) is 23.5 Å². The molecule has 0 bridgehead atoms. The summed E-state index contributed by atoms with van der Waals surface area (Å²) in [5.74, 6) is -3.59. The fourth-order valence-electron chi connectivity index (χ4n) is 5.19. The summed E-state index contributed by atoms with van der Waals surface area (Å²) in [5.41, 5.74) is 4.89. The van der Waals surface area contributed by atoms with Crippen molar-refractivity contribution in [1.29, 1.82) is 0 Å². The molecule has 2 unspecified atom stereocenters. The predicted octanol–water partition coefficient (Wildman–Crippen LogP) is 4.97. The van der Waals surface area contributed by atoms with Crippen LogP contribution >= 0.6 is 0 Å². The van der Waals surface area contributed by atoms with Crippen LogP contribution < -0.4 is 5.32 Å². The van der Waals surface area contributed by atoms with Crippen molar-refractivity contribution in [3.63, 3.8) is 0 Å². The SMILES string of the molecule is COC1(C)OC[C@@H]([C@H](C)[C@H](NC(=O)OCc2cccc3c2Cc2ccccc2-3)C(=O)OC(C)(C)C)OC1(C)OC. The molecule has 0 spiro atoms. The number of benzene rings is 2. The molecular formula is C31H41NO8. The van der Waals surface area contributed by atoms with Gasteiger partial charge in [0.15, 0.2) is 0 Å². The van der Waals surface area contributed by atoms with Crippen molar-refractivity contribution in [2.75, 3.05) is 20.8 Å². The summed E-state index contributed by atoms with van der Waals surface area (Å²) in [6, 6.07) is 13.2. The molecule has 2 aromatic carbocycles. The first kappa shape index (κ1) is 30.0. The first-order valence-electron chi connectivity index (χ1n) is 13.6. The number of hydrogen-bond donors (Lipinski definition) is 1. The first-order chi connectivity index (χ1) is 18.8. The Hall–Kier alpha value is -2.98. The number of nitrogens with one attached hydrogen (secondary N) is 1. The van der Waals surface area contributed by atoms with E-state index in [1.54, 1.807) is 41.5 Å². The van der Waals surface area contributed by atoms with E-state index in [0.717, 1.165) is 23.1 Å². The van der Waals surface area contributed by atoms with Crippen LogP contribution in [0.4, 0.5) is 4.79 Å². The topological polar surface area (TPSA) is 102 Å². The average molecular weight is 556 g/mol. The molecule has 9 nitrogen and oxygen atoms in total. The maximum Gasteiger partial charge on any atom is 0.408 e. The quantitative estimate of drug-likeness (QED) is 0.389. The lowest BCUT2D eigenvalue weighted by atomic mass is 9.93. The molecule has 1 aliphatic heterocycles. The molecule has 2 aromatic rings. The highest BCUT2D eigenvalue weighted by molar-refractivity contribution is 5.82. The van der Waals surface area contributed by atoms with Crippen LogP contribution in [-0.2, 0) is 46.2 Å². The van der Waals surface area contributed by atoms with Gasteiger partial charge in [-0.1, -0.05) is 49.4 Å². The summed E-state index contributed by atoms with van der Waals surface area (Å²) in [6.45, 7) is 10.7. The first-order valence-corrected chi connectivity index (χ1v) is 13.6. The van der Waals surface area contributed by atoms with Gasteiger partial charge in [-0.15, -0.1) is 0 Å². The van der Waals surface area contributed by atoms with Crippen LogP contribution in [0.2, 0.25) is 0 Å². The van der Waals surface area contributed by atoms with Crippen molar-refractivity contribution in [2.24, 2.45) is 5.92 Å². The largest absolute Gasteiger partial charge is 0.458 e. The van der Waals surface area contributed by atoms with Gasteiger partial charge in [0.1, 0.15) is 18.2 Å².